The maximum atomic E-state index is 13.9. The van der Waals surface area contributed by atoms with Crippen LogP contribution in [0.25, 0.3) is 11.3 Å². The van der Waals surface area contributed by atoms with Gasteiger partial charge in [-0.1, -0.05) is 23.4 Å². The van der Waals surface area contributed by atoms with E-state index >= 15 is 0 Å². The Hall–Kier alpha value is -4.87. The minimum Gasteiger partial charge on any atom is -0.507 e. The van der Waals surface area contributed by atoms with Gasteiger partial charge in [0.2, 0.25) is 5.91 Å². The molecule has 2 aromatic heterocycles. The second-order valence-electron chi connectivity index (χ2n) is 12.1. The normalized spacial score (nSPS) is 15.1. The molecule has 1 saturated heterocycles. The number of hydrogen-bond acceptors (Lipinski definition) is 9. The quantitative estimate of drug-likeness (QED) is 0.191. The van der Waals surface area contributed by atoms with Gasteiger partial charge < -0.3 is 35.2 Å². The van der Waals surface area contributed by atoms with Gasteiger partial charge in [-0.15, -0.1) is 0 Å². The lowest BCUT2D eigenvalue weighted by atomic mass is 10.1. The molecule has 0 bridgehead atoms. The molecule has 3 amide bonds. The highest BCUT2D eigenvalue weighted by molar-refractivity contribution is 7.08. The molecule has 4 aromatic rings. The molecular formula is C35H36ClN5O7S. The third-order valence-corrected chi connectivity index (χ3v) is 8.23. The second-order valence-corrected chi connectivity index (χ2v) is 13.3. The van der Waals surface area contributed by atoms with Gasteiger partial charge in [-0.3, -0.25) is 14.3 Å². The molecule has 49 heavy (non-hydrogen) atoms. The average Bonchev–Trinajstić information content (AvgIpc) is 3.74. The zero-order valence-electron chi connectivity index (χ0n) is 27.1. The number of anilines is 1. The van der Waals surface area contributed by atoms with Gasteiger partial charge in [-0.05, 0) is 85.6 Å². The molecule has 0 spiro atoms. The van der Waals surface area contributed by atoms with E-state index in [0.29, 0.717) is 38.7 Å². The van der Waals surface area contributed by atoms with Gasteiger partial charge in [0.15, 0.2) is 0 Å². The predicted octanol–water partition coefficient (Wildman–Crippen LogP) is 4.79. The lowest BCUT2D eigenvalue weighted by Gasteiger charge is -2.36. The van der Waals surface area contributed by atoms with Crippen LogP contribution in [-0.2, 0) is 25.6 Å². The molecule has 256 valence electrons. The van der Waals surface area contributed by atoms with Crippen molar-refractivity contribution >= 4 is 46.5 Å². The molecule has 2 aromatic carbocycles. The minimum absolute atomic E-state index is 0.00767. The van der Waals surface area contributed by atoms with Crippen molar-refractivity contribution in [2.75, 3.05) is 31.7 Å². The van der Waals surface area contributed by atoms with Crippen LogP contribution in [-0.4, -0.2) is 80.8 Å². The lowest BCUT2D eigenvalue weighted by Crippen LogP contribution is -2.57. The number of hydrogen-bond donors (Lipinski definition) is 4. The number of phenols is 1. The highest BCUT2D eigenvalue weighted by atomic mass is 35.5. The Bertz CT molecular complexity index is 1860. The van der Waals surface area contributed by atoms with Gasteiger partial charge in [0.05, 0.1) is 31.9 Å². The molecule has 3 heterocycles. The fourth-order valence-electron chi connectivity index (χ4n) is 5.03. The fourth-order valence-corrected chi connectivity index (χ4v) is 5.89. The first-order valence-electron chi connectivity index (χ1n) is 15.4. The molecule has 1 fully saturated rings. The van der Waals surface area contributed by atoms with E-state index in [1.54, 1.807) is 80.2 Å². The van der Waals surface area contributed by atoms with E-state index < -0.39 is 35.6 Å². The molecule has 2 unspecified atom stereocenters. The number of aromatic hydroxyl groups is 1. The van der Waals surface area contributed by atoms with Gasteiger partial charge in [0.25, 0.3) is 5.91 Å². The van der Waals surface area contributed by atoms with E-state index in [0.717, 1.165) is 0 Å². The largest absolute Gasteiger partial charge is 0.507 e. The van der Waals surface area contributed by atoms with Crippen LogP contribution in [0.1, 0.15) is 43.5 Å². The van der Waals surface area contributed by atoms with Crippen molar-refractivity contribution in [3.63, 3.8) is 0 Å². The van der Waals surface area contributed by atoms with Gasteiger partial charge in [-0.2, -0.15) is 16.4 Å². The Morgan fingerprint density at radius 3 is 2.63 bits per heavy atom. The first-order chi connectivity index (χ1) is 23.4. The maximum Gasteiger partial charge on any atom is 0.408 e. The summed E-state index contributed by atoms with van der Waals surface area (Å²) in [7, 11) is 0. The van der Waals surface area contributed by atoms with Gasteiger partial charge in [0, 0.05) is 34.6 Å². The molecule has 5 rings (SSSR count). The summed E-state index contributed by atoms with van der Waals surface area (Å²) in [6.07, 6.45) is 0.936. The second kappa shape index (κ2) is 15.6. The van der Waals surface area contributed by atoms with Crippen LogP contribution in [0.15, 0.2) is 65.5 Å². The number of phenolic OH excluding ortho intramolecular Hbond substituents is 1. The van der Waals surface area contributed by atoms with Crippen LogP contribution in [0.4, 0.5) is 10.5 Å². The topological polar surface area (TPSA) is 155 Å². The Labute approximate surface area is 292 Å². The van der Waals surface area contributed by atoms with Crippen LogP contribution >= 0.6 is 22.9 Å². The molecular weight excluding hydrogens is 670 g/mol. The number of halogens is 1. The zero-order valence-corrected chi connectivity index (χ0v) is 28.7. The molecule has 12 nitrogen and oxygen atoms in total. The summed E-state index contributed by atoms with van der Waals surface area (Å²) < 4.78 is 12.5. The first-order valence-corrected chi connectivity index (χ1v) is 16.7. The van der Waals surface area contributed by atoms with Crippen LogP contribution in [0.2, 0.25) is 5.02 Å². The van der Waals surface area contributed by atoms with Crippen molar-refractivity contribution in [1.82, 2.24) is 20.0 Å². The van der Waals surface area contributed by atoms with E-state index in [1.807, 2.05) is 0 Å². The molecule has 0 saturated carbocycles. The summed E-state index contributed by atoms with van der Waals surface area (Å²) >= 11 is 7.54. The predicted molar refractivity (Wildman–Crippen MR) is 185 cm³/mol. The highest BCUT2D eigenvalue weighted by Crippen LogP contribution is 2.33. The van der Waals surface area contributed by atoms with Crippen molar-refractivity contribution in [2.45, 2.75) is 45.0 Å². The molecule has 14 heteroatoms. The standard InChI is InChI=1S/C35H36ClN5O7S/c1-35(2,3)48-34(46)38-31(24-12-17-49-21-24)33(45)41-14-16-47-20-28(41)32(44)37-26-9-5-22(6-10-26)4-7-23-19-40(13-15-42)39-30(23)27-18-25(36)8-11-29(27)43/h5-6,8-12,17-19,21,28,31,42-43H,13-16,20H2,1-3H3,(H,37,44)(H,38,46). The van der Waals surface area contributed by atoms with Crippen LogP contribution < -0.4 is 10.6 Å². The van der Waals surface area contributed by atoms with Gasteiger partial charge >= 0.3 is 6.09 Å². The van der Waals surface area contributed by atoms with Crippen molar-refractivity contribution < 1.29 is 34.1 Å². The average molecular weight is 706 g/mol. The third-order valence-electron chi connectivity index (χ3n) is 7.30. The summed E-state index contributed by atoms with van der Waals surface area (Å²) in [6.45, 7) is 5.70. The third kappa shape index (κ3) is 9.18. The number of carbonyl (C=O) groups excluding carboxylic acids is 3. The van der Waals surface area contributed by atoms with E-state index in [1.165, 1.54) is 27.0 Å². The van der Waals surface area contributed by atoms with E-state index in [4.69, 9.17) is 21.1 Å². The molecule has 2 atom stereocenters. The number of rotatable bonds is 8. The molecule has 4 N–H and O–H groups in total. The van der Waals surface area contributed by atoms with Crippen LogP contribution in [0, 0.1) is 11.8 Å². The summed E-state index contributed by atoms with van der Waals surface area (Å²) in [5.74, 6) is 5.24. The number of aliphatic hydroxyl groups is 1. The SMILES string of the molecule is CC(C)(C)OC(=O)NC(C(=O)N1CCOCC1C(=O)Nc1ccc(C#Cc2cn(CCO)nc2-c2cc(Cl)ccc2O)cc1)c1ccsc1. The summed E-state index contributed by atoms with van der Waals surface area (Å²) in [4.78, 5) is 41.4. The maximum absolute atomic E-state index is 13.9. The number of ether oxygens (including phenoxy) is 2. The Morgan fingerprint density at radius 2 is 1.94 bits per heavy atom. The number of aromatic nitrogens is 2. The molecule has 1 aliphatic rings. The van der Waals surface area contributed by atoms with Crippen molar-refractivity contribution in [3.8, 4) is 28.8 Å². The number of amides is 3. The number of carbonyl (C=O) groups is 3. The van der Waals surface area contributed by atoms with E-state index in [-0.39, 0.29) is 38.7 Å². The fraction of sp³-hybridized carbons (Fsp3) is 0.314. The first kappa shape index (κ1) is 35.4. The lowest BCUT2D eigenvalue weighted by molar-refractivity contribution is -0.148. The number of nitrogens with zero attached hydrogens (tertiary/aromatic N) is 3. The van der Waals surface area contributed by atoms with Gasteiger partial charge in [0.1, 0.15) is 29.1 Å². The number of alkyl carbamates (subject to hydrolysis) is 1. The van der Waals surface area contributed by atoms with Crippen molar-refractivity contribution in [2.24, 2.45) is 0 Å². The van der Waals surface area contributed by atoms with Crippen molar-refractivity contribution in [1.29, 1.82) is 0 Å². The van der Waals surface area contributed by atoms with Crippen molar-refractivity contribution in [3.05, 3.63) is 87.2 Å². The smallest absolute Gasteiger partial charge is 0.408 e. The Balaban J connectivity index is 1.30. The minimum atomic E-state index is -1.05. The highest BCUT2D eigenvalue weighted by Gasteiger charge is 2.38. The summed E-state index contributed by atoms with van der Waals surface area (Å²) in [6, 6.07) is 11.2. The number of aliphatic hydroxyl groups excluding tert-OH is 1. The molecule has 0 aliphatic carbocycles. The van der Waals surface area contributed by atoms with Crippen LogP contribution in [0.5, 0.6) is 5.75 Å². The number of benzene rings is 2. The van der Waals surface area contributed by atoms with E-state index in [9.17, 15) is 24.6 Å². The van der Waals surface area contributed by atoms with E-state index in [2.05, 4.69) is 27.6 Å². The molecule has 0 radical (unpaired) electrons. The summed E-state index contributed by atoms with van der Waals surface area (Å²) in [5.41, 5.74) is 2.29. The number of morpholine rings is 1. The number of thiophene rings is 1. The summed E-state index contributed by atoms with van der Waals surface area (Å²) in [5, 5.41) is 33.8. The monoisotopic (exact) mass is 705 g/mol. The van der Waals surface area contributed by atoms with Crippen LogP contribution in [0.3, 0.4) is 0 Å². The van der Waals surface area contributed by atoms with Gasteiger partial charge in [-0.25, -0.2) is 4.79 Å². The zero-order chi connectivity index (χ0) is 35.1. The molecule has 1 aliphatic heterocycles. The Kier molecular flexibility index (Phi) is 11.3. The number of nitrogens with one attached hydrogen (secondary N) is 2. The Morgan fingerprint density at radius 1 is 1.16 bits per heavy atom.